The number of rotatable bonds is 13. The van der Waals surface area contributed by atoms with Gasteiger partial charge in [0.1, 0.15) is 12.4 Å². The number of aryl methyl sites for hydroxylation is 1. The smallest absolute Gasteiger partial charge is 0.254 e. The van der Waals surface area contributed by atoms with Gasteiger partial charge in [-0.2, -0.15) is 0 Å². The van der Waals surface area contributed by atoms with Gasteiger partial charge in [-0.1, -0.05) is 24.3 Å². The van der Waals surface area contributed by atoms with Crippen LogP contribution in [-0.4, -0.2) is 58.9 Å². The molecule has 0 saturated heterocycles. The van der Waals surface area contributed by atoms with Crippen LogP contribution in [0.1, 0.15) is 92.2 Å². The summed E-state index contributed by atoms with van der Waals surface area (Å²) in [6, 6.07) is 15.1. The van der Waals surface area contributed by atoms with Crippen LogP contribution in [0.4, 0.5) is 5.69 Å². The van der Waals surface area contributed by atoms with E-state index in [2.05, 4.69) is 57.8 Å². The molecule has 0 aliphatic heterocycles. The van der Waals surface area contributed by atoms with Crippen LogP contribution in [-0.2, 0) is 14.3 Å². The predicted molar refractivity (Wildman–Crippen MR) is 201 cm³/mol. The van der Waals surface area contributed by atoms with Gasteiger partial charge in [-0.25, -0.2) is 4.98 Å². The molecule has 3 aliphatic rings. The molecule has 3 fully saturated rings. The number of amides is 2. The number of hydrogen-bond acceptors (Lipinski definition) is 7. The Labute approximate surface area is 298 Å². The summed E-state index contributed by atoms with van der Waals surface area (Å²) in [4.78, 5) is 34.5. The Morgan fingerprint density at radius 2 is 1.79 bits per heavy atom. The summed E-state index contributed by atoms with van der Waals surface area (Å²) < 4.78 is 15.1. The molecule has 3 saturated carbocycles. The van der Waals surface area contributed by atoms with Crippen molar-refractivity contribution < 1.29 is 24.2 Å². The van der Waals surface area contributed by atoms with Crippen LogP contribution in [0.15, 0.2) is 48.7 Å². The summed E-state index contributed by atoms with van der Waals surface area (Å²) in [5, 5.41) is 10.1. The molecular weight excluding hydrogens is 737 g/mol. The molecule has 0 spiro atoms. The predicted octanol–water partition coefficient (Wildman–Crippen LogP) is 7.68. The van der Waals surface area contributed by atoms with Crippen molar-refractivity contribution in [3.63, 3.8) is 0 Å². The summed E-state index contributed by atoms with van der Waals surface area (Å²) in [7, 11) is 1.73. The minimum Gasteiger partial charge on any atom is -0.496 e. The highest BCUT2D eigenvalue weighted by atomic mass is 127. The molecule has 0 bridgehead atoms. The summed E-state index contributed by atoms with van der Waals surface area (Å²) in [5.41, 5.74) is 4.71. The minimum atomic E-state index is -0.594. The Morgan fingerprint density at radius 3 is 2.50 bits per heavy atom. The van der Waals surface area contributed by atoms with E-state index < -0.39 is 21.0 Å². The molecule has 3 aliphatic carbocycles. The van der Waals surface area contributed by atoms with E-state index in [9.17, 15) is 9.59 Å². The van der Waals surface area contributed by atoms with Crippen LogP contribution < -0.4 is 13.2 Å². The van der Waals surface area contributed by atoms with Crippen LogP contribution in [0.5, 0.6) is 5.75 Å². The number of benzene rings is 2. The maximum Gasteiger partial charge on any atom is 0.254 e. The number of halogens is 1. The van der Waals surface area contributed by atoms with E-state index in [0.29, 0.717) is 17.8 Å². The van der Waals surface area contributed by atoms with Gasteiger partial charge in [0, 0.05) is 30.3 Å². The van der Waals surface area contributed by atoms with Crippen molar-refractivity contribution in [3.05, 3.63) is 64.8 Å². The van der Waals surface area contributed by atoms with Gasteiger partial charge < -0.3 is 23.0 Å². The van der Waals surface area contributed by atoms with Crippen molar-refractivity contribution in [1.82, 2.24) is 8.51 Å². The van der Waals surface area contributed by atoms with Crippen LogP contribution in [0.3, 0.4) is 0 Å². The molecule has 0 atom stereocenters. The first-order chi connectivity index (χ1) is 23.4. The van der Waals surface area contributed by atoms with Crippen molar-refractivity contribution in [3.8, 4) is 16.2 Å². The van der Waals surface area contributed by atoms with E-state index in [4.69, 9.17) is 19.6 Å². The molecule has 2 aromatic carbocycles. The lowest BCUT2D eigenvalue weighted by Gasteiger charge is -2.35. The topological polar surface area (TPSA) is 101 Å². The number of aliphatic hydroxyl groups is 1. The fourth-order valence-electron chi connectivity index (χ4n) is 7.05. The highest BCUT2D eigenvalue weighted by Gasteiger charge is 2.32. The molecule has 0 unspecified atom stereocenters. The maximum atomic E-state index is 14.4. The van der Waals surface area contributed by atoms with Gasteiger partial charge in [-0.3, -0.25) is 9.59 Å². The largest absolute Gasteiger partial charge is 0.496 e. The second-order valence-corrected chi connectivity index (χ2v) is 17.1. The van der Waals surface area contributed by atoms with E-state index in [1.807, 2.05) is 6.20 Å². The summed E-state index contributed by atoms with van der Waals surface area (Å²) >= 11 is 1.20. The molecule has 1 aromatic heterocycles. The Kier molecular flexibility index (Phi) is 12.3. The van der Waals surface area contributed by atoms with Gasteiger partial charge in [-0.05, 0) is 142 Å². The van der Waals surface area contributed by atoms with Crippen LogP contribution >= 0.6 is 32.3 Å². The zero-order valence-corrected chi connectivity index (χ0v) is 31.1. The van der Waals surface area contributed by atoms with Crippen LogP contribution in [0.2, 0.25) is 0 Å². The molecule has 8 nitrogen and oxygen atoms in total. The van der Waals surface area contributed by atoms with Crippen molar-refractivity contribution in [2.45, 2.75) is 83.0 Å². The average Bonchev–Trinajstić information content (AvgIpc) is 3.85. The number of anilines is 1. The van der Waals surface area contributed by atoms with Gasteiger partial charge in [-0.15, -0.1) is 11.3 Å². The Bertz CT molecular complexity index is 1590. The van der Waals surface area contributed by atoms with E-state index in [1.165, 1.54) is 37.4 Å². The number of ether oxygens (including phenoxy) is 2. The third-order valence-electron chi connectivity index (χ3n) is 9.97. The number of carbonyl (C=O) groups excluding carboxylic acids is 2. The number of aromatic nitrogens is 1. The van der Waals surface area contributed by atoms with Crippen molar-refractivity contribution in [2.24, 2.45) is 11.8 Å². The lowest BCUT2D eigenvalue weighted by molar-refractivity contribution is -0.124. The summed E-state index contributed by atoms with van der Waals surface area (Å²) in [5.74, 6) is 2.66. The van der Waals surface area contributed by atoms with Crippen molar-refractivity contribution in [2.75, 3.05) is 38.4 Å². The minimum absolute atomic E-state index is 0.0199. The van der Waals surface area contributed by atoms with Gasteiger partial charge in [0.05, 0.1) is 30.2 Å². The van der Waals surface area contributed by atoms with Gasteiger partial charge in [0.15, 0.2) is 0 Å². The molecule has 2 amide bonds. The van der Waals surface area contributed by atoms with Crippen LogP contribution in [0, 0.1) is 18.8 Å². The lowest BCUT2D eigenvalue weighted by Crippen LogP contribution is -2.41. The lowest BCUT2D eigenvalue weighted by atomic mass is 9.78. The number of nitrogens with one attached hydrogen (secondary N) is 1. The number of methoxy groups -OCH3 is 1. The zero-order valence-electron chi connectivity index (χ0n) is 28.1. The second kappa shape index (κ2) is 16.8. The molecule has 258 valence electrons. The number of thiazole rings is 1. The first kappa shape index (κ1) is 35.2. The molecule has 10 heteroatoms. The second-order valence-electron chi connectivity index (χ2n) is 13.5. The monoisotopic (exact) mass is 785 g/mol. The Hall–Kier alpha value is -2.67. The Balaban J connectivity index is 1.14. The third kappa shape index (κ3) is 9.11. The summed E-state index contributed by atoms with van der Waals surface area (Å²) in [6.07, 6.45) is 12.4. The van der Waals surface area contributed by atoms with E-state index >= 15 is 0 Å². The zero-order chi connectivity index (χ0) is 33.5. The normalized spacial score (nSPS) is 21.1. The van der Waals surface area contributed by atoms with Gasteiger partial charge >= 0.3 is 0 Å². The maximum absolute atomic E-state index is 14.4. The Morgan fingerprint density at radius 1 is 1.02 bits per heavy atom. The van der Waals surface area contributed by atoms with E-state index in [1.54, 1.807) is 18.4 Å². The number of aliphatic hydroxyl groups excluding tert-OH is 1. The van der Waals surface area contributed by atoms with Gasteiger partial charge in [0.25, 0.3) is 5.91 Å². The quantitative estimate of drug-likeness (QED) is 0.105. The summed E-state index contributed by atoms with van der Waals surface area (Å²) in [6.45, 7) is 2.92. The van der Waals surface area contributed by atoms with Crippen LogP contribution in [0.25, 0.3) is 10.4 Å². The first-order valence-corrected chi connectivity index (χ1v) is 20.4. The molecule has 2 N–H and O–H groups in total. The first-order valence-electron chi connectivity index (χ1n) is 17.4. The van der Waals surface area contributed by atoms with Gasteiger partial charge in [0.2, 0.25) is 5.91 Å². The molecule has 3 aromatic rings. The molecule has 1 heterocycles. The SMILES string of the molecule is COc1ccc(C2CCC(CN(C(=O)C3CCC(=INC(=O)COCCO)CC3)c3cccc(-c4cnc(C5CC5)s4)c3)CC2)cc1C. The number of carbonyl (C=O) groups is 2. The average molecular weight is 786 g/mol. The van der Waals surface area contributed by atoms with Crippen molar-refractivity contribution in [1.29, 1.82) is 0 Å². The fourth-order valence-corrected chi connectivity index (χ4v) is 10.1. The molecule has 48 heavy (non-hydrogen) atoms. The third-order valence-corrected chi connectivity index (χ3v) is 13.9. The fraction of sp³-hybridized carbons (Fsp3) is 0.526. The highest BCUT2D eigenvalue weighted by molar-refractivity contribution is 14.2. The van der Waals surface area contributed by atoms with E-state index in [0.717, 1.165) is 74.9 Å². The number of nitrogens with zero attached hydrogens (tertiary/aromatic N) is 2. The highest BCUT2D eigenvalue weighted by Crippen LogP contribution is 2.44. The molecular formula is C38H48IN3O5S. The standard InChI is InChI=1S/C38H48IN3O5S/c1-25-20-30(14-17-34(25)46-2)27-8-6-26(7-9-27)23-42(33-5-3-4-31(21-33)35-22-40-37(48-35)28-10-11-28)38(45)29-12-15-32(16-13-29)39-41-36(44)24-47-19-18-43/h3-5,14,17,20-22,26-29,43H,6-13,15-16,18-19,23-24H2,1-2H3,(H,41,44). The van der Waals surface area contributed by atoms with E-state index in [-0.39, 0.29) is 37.6 Å². The number of hydrogen-bond donors (Lipinski definition) is 2. The van der Waals surface area contributed by atoms with Crippen molar-refractivity contribution >= 4 is 53.4 Å². The molecule has 6 rings (SSSR count). The molecule has 0 radical (unpaired) electrons.